The lowest BCUT2D eigenvalue weighted by Gasteiger charge is -2.06. The maximum Gasteiger partial charge on any atom is 0.276 e. The standard InChI is InChI=1S/C17H26N2O2S/c1-14(2)6-5-7-15(3)12-13-18-19-22(20,21)17-10-8-16(4)9-11-17/h6,8-11,13,15,19H,5,7,12H2,1-4H3/b18-13-/t15-/m1/s1. The number of benzene rings is 1. The van der Waals surface area contributed by atoms with E-state index in [4.69, 9.17) is 0 Å². The molecule has 0 saturated heterocycles. The summed E-state index contributed by atoms with van der Waals surface area (Å²) in [6.45, 7) is 8.23. The molecule has 0 aliphatic rings. The number of hydrogen-bond acceptors (Lipinski definition) is 3. The molecule has 1 atom stereocenters. The SMILES string of the molecule is CC(C)=CCC[C@@H](C)C/C=N\NS(=O)(=O)c1ccc(C)cc1. The van der Waals surface area contributed by atoms with Gasteiger partial charge in [-0.15, -0.1) is 0 Å². The molecule has 0 aromatic heterocycles. The van der Waals surface area contributed by atoms with Crippen molar-refractivity contribution in [2.24, 2.45) is 11.0 Å². The van der Waals surface area contributed by atoms with Gasteiger partial charge in [-0.3, -0.25) is 0 Å². The van der Waals surface area contributed by atoms with Crippen LogP contribution in [0.5, 0.6) is 0 Å². The van der Waals surface area contributed by atoms with Crippen molar-refractivity contribution in [3.8, 4) is 0 Å². The highest BCUT2D eigenvalue weighted by molar-refractivity contribution is 7.89. The van der Waals surface area contributed by atoms with Crippen LogP contribution in [0, 0.1) is 12.8 Å². The molecule has 1 rings (SSSR count). The van der Waals surface area contributed by atoms with Gasteiger partial charge in [-0.05, 0) is 58.1 Å². The van der Waals surface area contributed by atoms with Crippen molar-refractivity contribution >= 4 is 16.2 Å². The zero-order chi connectivity index (χ0) is 16.6. The van der Waals surface area contributed by atoms with Gasteiger partial charge in [0.05, 0.1) is 4.90 Å². The fourth-order valence-electron chi connectivity index (χ4n) is 1.88. The van der Waals surface area contributed by atoms with Crippen LogP contribution in [0.3, 0.4) is 0 Å². The number of hydrogen-bond donors (Lipinski definition) is 1. The van der Waals surface area contributed by atoms with E-state index in [-0.39, 0.29) is 4.90 Å². The van der Waals surface area contributed by atoms with Crippen molar-refractivity contribution in [1.29, 1.82) is 0 Å². The number of sulfonamides is 1. The molecular weight excluding hydrogens is 296 g/mol. The Balaban J connectivity index is 2.44. The molecule has 0 amide bonds. The van der Waals surface area contributed by atoms with Crippen LogP contribution in [0.1, 0.15) is 45.6 Å². The quantitative estimate of drug-likeness (QED) is 0.446. The first-order valence-electron chi connectivity index (χ1n) is 7.54. The first-order valence-corrected chi connectivity index (χ1v) is 9.03. The molecule has 0 radical (unpaired) electrons. The Morgan fingerprint density at radius 2 is 1.91 bits per heavy atom. The minimum atomic E-state index is -3.56. The molecule has 1 aromatic rings. The molecule has 122 valence electrons. The van der Waals surface area contributed by atoms with Gasteiger partial charge in [-0.2, -0.15) is 13.5 Å². The van der Waals surface area contributed by atoms with Crippen LogP contribution in [0.15, 0.2) is 45.9 Å². The van der Waals surface area contributed by atoms with Crippen molar-refractivity contribution in [2.45, 2.75) is 51.9 Å². The molecule has 0 saturated carbocycles. The van der Waals surface area contributed by atoms with Crippen LogP contribution in [0.25, 0.3) is 0 Å². The minimum Gasteiger partial charge on any atom is -0.200 e. The Morgan fingerprint density at radius 1 is 1.27 bits per heavy atom. The fraction of sp³-hybridized carbons (Fsp3) is 0.471. The molecule has 0 bridgehead atoms. The number of nitrogens with zero attached hydrogens (tertiary/aromatic N) is 1. The van der Waals surface area contributed by atoms with Gasteiger partial charge in [-0.1, -0.05) is 36.3 Å². The van der Waals surface area contributed by atoms with Gasteiger partial charge >= 0.3 is 0 Å². The second kappa shape index (κ2) is 8.73. The predicted octanol–water partition coefficient (Wildman–Crippen LogP) is 4.03. The third kappa shape index (κ3) is 6.89. The smallest absolute Gasteiger partial charge is 0.200 e. The van der Waals surface area contributed by atoms with E-state index in [0.29, 0.717) is 5.92 Å². The van der Waals surface area contributed by atoms with E-state index in [1.165, 1.54) is 5.57 Å². The number of nitrogens with one attached hydrogen (secondary N) is 1. The molecule has 0 aliphatic heterocycles. The number of hydrazone groups is 1. The summed E-state index contributed by atoms with van der Waals surface area (Å²) >= 11 is 0. The topological polar surface area (TPSA) is 58.5 Å². The van der Waals surface area contributed by atoms with Crippen LogP contribution < -0.4 is 4.83 Å². The summed E-state index contributed by atoms with van der Waals surface area (Å²) in [6, 6.07) is 6.69. The number of rotatable bonds is 8. The van der Waals surface area contributed by atoms with Crippen molar-refractivity contribution in [2.75, 3.05) is 0 Å². The highest BCUT2D eigenvalue weighted by atomic mass is 32.2. The summed E-state index contributed by atoms with van der Waals surface area (Å²) in [5, 5.41) is 3.85. The monoisotopic (exact) mass is 322 g/mol. The average molecular weight is 322 g/mol. The van der Waals surface area contributed by atoms with Gasteiger partial charge in [0, 0.05) is 6.21 Å². The van der Waals surface area contributed by atoms with E-state index in [1.807, 2.05) is 6.92 Å². The summed E-state index contributed by atoms with van der Waals surface area (Å²) < 4.78 is 24.0. The zero-order valence-electron chi connectivity index (χ0n) is 13.8. The van der Waals surface area contributed by atoms with Gasteiger partial charge in [0.15, 0.2) is 0 Å². The molecule has 0 unspecified atom stereocenters. The van der Waals surface area contributed by atoms with Gasteiger partial charge < -0.3 is 0 Å². The lowest BCUT2D eigenvalue weighted by atomic mass is 10.0. The van der Waals surface area contributed by atoms with E-state index in [2.05, 4.69) is 36.8 Å². The van der Waals surface area contributed by atoms with Crippen LogP contribution in [-0.4, -0.2) is 14.6 Å². The molecule has 0 spiro atoms. The van der Waals surface area contributed by atoms with Crippen LogP contribution in [0.4, 0.5) is 0 Å². The van der Waals surface area contributed by atoms with Crippen molar-refractivity contribution in [1.82, 2.24) is 4.83 Å². The lowest BCUT2D eigenvalue weighted by Crippen LogP contribution is -2.18. The first kappa shape index (κ1) is 18.4. The number of allylic oxidation sites excluding steroid dienone is 2. The minimum absolute atomic E-state index is 0.229. The Bertz CT molecular complexity index is 613. The van der Waals surface area contributed by atoms with Crippen LogP contribution in [-0.2, 0) is 10.0 Å². The Morgan fingerprint density at radius 3 is 2.50 bits per heavy atom. The maximum atomic E-state index is 12.0. The third-order valence-electron chi connectivity index (χ3n) is 3.32. The summed E-state index contributed by atoms with van der Waals surface area (Å²) in [7, 11) is -3.56. The Labute approximate surface area is 134 Å². The summed E-state index contributed by atoms with van der Waals surface area (Å²) in [5.41, 5.74) is 2.35. The third-order valence-corrected chi connectivity index (χ3v) is 4.55. The molecule has 5 heteroatoms. The Kier molecular flexibility index (Phi) is 7.32. The van der Waals surface area contributed by atoms with Gasteiger partial charge in [0.2, 0.25) is 0 Å². The van der Waals surface area contributed by atoms with E-state index >= 15 is 0 Å². The van der Waals surface area contributed by atoms with E-state index in [0.717, 1.165) is 24.8 Å². The second-order valence-electron chi connectivity index (χ2n) is 5.92. The van der Waals surface area contributed by atoms with Crippen LogP contribution in [0.2, 0.25) is 0 Å². The number of aryl methyl sites for hydroxylation is 1. The van der Waals surface area contributed by atoms with E-state index < -0.39 is 10.0 Å². The van der Waals surface area contributed by atoms with Gasteiger partial charge in [0.1, 0.15) is 0 Å². The van der Waals surface area contributed by atoms with Gasteiger partial charge in [-0.25, -0.2) is 4.83 Å². The van der Waals surface area contributed by atoms with Crippen molar-refractivity contribution in [3.05, 3.63) is 41.5 Å². The van der Waals surface area contributed by atoms with Crippen molar-refractivity contribution < 1.29 is 8.42 Å². The molecule has 0 heterocycles. The van der Waals surface area contributed by atoms with Crippen LogP contribution >= 0.6 is 0 Å². The highest BCUT2D eigenvalue weighted by Crippen LogP contribution is 2.11. The molecular formula is C17H26N2O2S. The molecule has 4 nitrogen and oxygen atoms in total. The maximum absolute atomic E-state index is 12.0. The summed E-state index contributed by atoms with van der Waals surface area (Å²) in [5.74, 6) is 0.475. The molecule has 1 N–H and O–H groups in total. The Hall–Kier alpha value is -1.62. The van der Waals surface area contributed by atoms with Crippen molar-refractivity contribution in [3.63, 3.8) is 0 Å². The molecule has 0 fully saturated rings. The van der Waals surface area contributed by atoms with Gasteiger partial charge in [0.25, 0.3) is 10.0 Å². The average Bonchev–Trinajstić information content (AvgIpc) is 2.44. The lowest BCUT2D eigenvalue weighted by molar-refractivity contribution is 0.561. The molecule has 22 heavy (non-hydrogen) atoms. The van der Waals surface area contributed by atoms with E-state index in [1.54, 1.807) is 30.5 Å². The zero-order valence-corrected chi connectivity index (χ0v) is 14.7. The normalized spacial score (nSPS) is 13.1. The molecule has 0 aliphatic carbocycles. The van der Waals surface area contributed by atoms with E-state index in [9.17, 15) is 8.42 Å². The largest absolute Gasteiger partial charge is 0.276 e. The fourth-order valence-corrected chi connectivity index (χ4v) is 2.70. The summed E-state index contributed by atoms with van der Waals surface area (Å²) in [6.07, 6.45) is 6.73. The molecule has 1 aromatic carbocycles. The summed E-state index contributed by atoms with van der Waals surface area (Å²) in [4.78, 5) is 2.48. The predicted molar refractivity (Wildman–Crippen MR) is 92.4 cm³/mol. The highest BCUT2D eigenvalue weighted by Gasteiger charge is 2.11. The first-order chi connectivity index (χ1) is 10.3. The second-order valence-corrected chi connectivity index (χ2v) is 7.58.